The summed E-state index contributed by atoms with van der Waals surface area (Å²) in [4.78, 5) is 24.4. The molecule has 2 N–H and O–H groups in total. The first-order chi connectivity index (χ1) is 16.0. The molecule has 0 aliphatic heterocycles. The highest BCUT2D eigenvalue weighted by Crippen LogP contribution is 2.44. The number of ether oxygens (including phenoxy) is 1. The van der Waals surface area contributed by atoms with E-state index in [1.165, 1.54) is 4.48 Å². The average molecular weight is 436 g/mol. The molecule has 1 aliphatic carbocycles. The molecule has 6 nitrogen and oxygen atoms in total. The Morgan fingerprint density at radius 1 is 0.970 bits per heavy atom. The van der Waals surface area contributed by atoms with Crippen molar-refractivity contribution >= 4 is 30.9 Å². The zero-order valence-electron chi connectivity index (χ0n) is 17.8. The number of carbonyl (C=O) groups excluding carboxylic acids is 1. The van der Waals surface area contributed by atoms with Gasteiger partial charge in [0.2, 0.25) is 7.98 Å². The molecular formula is C26H21BN2O4. The number of carboxylic acids is 1. The van der Waals surface area contributed by atoms with Gasteiger partial charge < -0.3 is 19.6 Å². The van der Waals surface area contributed by atoms with Crippen LogP contribution in [0.25, 0.3) is 22.0 Å². The van der Waals surface area contributed by atoms with Crippen LogP contribution in [0.15, 0.2) is 79.0 Å². The molecule has 0 saturated carbocycles. The van der Waals surface area contributed by atoms with Crippen LogP contribution in [-0.2, 0) is 16.0 Å². The number of amides is 1. The Kier molecular flexibility index (Phi) is 5.38. The number of carbonyl (C=O) groups is 2. The zero-order chi connectivity index (χ0) is 22.9. The first-order valence-corrected chi connectivity index (χ1v) is 10.7. The molecule has 2 radical (unpaired) electrons. The van der Waals surface area contributed by atoms with Gasteiger partial charge in [-0.05, 0) is 40.1 Å². The molecule has 4 aromatic rings. The molecule has 1 unspecified atom stereocenters. The molecule has 1 amide bonds. The lowest BCUT2D eigenvalue weighted by molar-refractivity contribution is -0.139. The number of rotatable bonds is 6. The van der Waals surface area contributed by atoms with Crippen molar-refractivity contribution < 1.29 is 19.4 Å². The number of benzene rings is 3. The van der Waals surface area contributed by atoms with Crippen molar-refractivity contribution in [1.29, 1.82) is 0 Å². The van der Waals surface area contributed by atoms with Crippen molar-refractivity contribution in [3.8, 4) is 11.1 Å². The molecule has 1 aliphatic rings. The summed E-state index contributed by atoms with van der Waals surface area (Å²) < 4.78 is 6.96. The van der Waals surface area contributed by atoms with E-state index in [9.17, 15) is 14.7 Å². The van der Waals surface area contributed by atoms with E-state index in [0.29, 0.717) is 0 Å². The van der Waals surface area contributed by atoms with E-state index in [4.69, 9.17) is 12.7 Å². The van der Waals surface area contributed by atoms with Crippen LogP contribution >= 0.6 is 0 Å². The topological polar surface area (TPSA) is 80.6 Å². The summed E-state index contributed by atoms with van der Waals surface area (Å²) in [7, 11) is 5.98. The van der Waals surface area contributed by atoms with Crippen LogP contribution in [0.1, 0.15) is 22.6 Å². The van der Waals surface area contributed by atoms with Gasteiger partial charge in [0.25, 0.3) is 0 Å². The van der Waals surface area contributed by atoms with E-state index >= 15 is 0 Å². The average Bonchev–Trinajstić information content (AvgIpc) is 3.32. The van der Waals surface area contributed by atoms with Crippen molar-refractivity contribution in [2.45, 2.75) is 18.4 Å². The van der Waals surface area contributed by atoms with Gasteiger partial charge in [0.15, 0.2) is 0 Å². The lowest BCUT2D eigenvalue weighted by Gasteiger charge is -2.17. The highest BCUT2D eigenvalue weighted by molar-refractivity contribution is 6.12. The number of nitrogens with zero attached hydrogens (tertiary/aromatic N) is 1. The Morgan fingerprint density at radius 3 is 2.24 bits per heavy atom. The third-order valence-corrected chi connectivity index (χ3v) is 6.18. The van der Waals surface area contributed by atoms with Crippen LogP contribution < -0.4 is 5.32 Å². The van der Waals surface area contributed by atoms with Crippen LogP contribution in [0.5, 0.6) is 0 Å². The maximum Gasteiger partial charge on any atom is 0.407 e. The second kappa shape index (κ2) is 8.50. The van der Waals surface area contributed by atoms with E-state index in [1.807, 2.05) is 60.7 Å². The van der Waals surface area contributed by atoms with Gasteiger partial charge in [0.05, 0.1) is 0 Å². The molecule has 0 bridgehead atoms. The fourth-order valence-electron chi connectivity index (χ4n) is 4.64. The smallest absolute Gasteiger partial charge is 0.407 e. The predicted molar refractivity (Wildman–Crippen MR) is 126 cm³/mol. The summed E-state index contributed by atoms with van der Waals surface area (Å²) in [6.07, 6.45) is 1.00. The lowest BCUT2D eigenvalue weighted by Crippen LogP contribution is -2.42. The number of carboxylic acid groups (broad SMARTS) is 1. The van der Waals surface area contributed by atoms with E-state index in [-0.39, 0.29) is 18.9 Å². The Balaban J connectivity index is 1.29. The van der Waals surface area contributed by atoms with Crippen LogP contribution in [-0.4, -0.2) is 42.3 Å². The fraction of sp³-hybridized carbons (Fsp3) is 0.154. The molecule has 33 heavy (non-hydrogen) atoms. The van der Waals surface area contributed by atoms with Crippen molar-refractivity contribution in [3.63, 3.8) is 0 Å². The van der Waals surface area contributed by atoms with Crippen LogP contribution in [0.2, 0.25) is 0 Å². The van der Waals surface area contributed by atoms with Crippen molar-refractivity contribution in [1.82, 2.24) is 9.79 Å². The quantitative estimate of drug-likeness (QED) is 0.446. The Bertz CT molecular complexity index is 1320. The van der Waals surface area contributed by atoms with Crippen LogP contribution in [0.3, 0.4) is 0 Å². The third-order valence-electron chi connectivity index (χ3n) is 6.18. The van der Waals surface area contributed by atoms with Gasteiger partial charge >= 0.3 is 12.1 Å². The normalized spacial score (nSPS) is 13.3. The molecule has 0 spiro atoms. The molecule has 0 saturated heterocycles. The van der Waals surface area contributed by atoms with Gasteiger partial charge in [-0.25, -0.2) is 9.59 Å². The minimum absolute atomic E-state index is 0.0875. The molecule has 1 heterocycles. The van der Waals surface area contributed by atoms with Crippen molar-refractivity contribution in [2.75, 3.05) is 6.61 Å². The number of alkyl carbamates (subject to hydrolysis) is 1. The van der Waals surface area contributed by atoms with Crippen LogP contribution in [0.4, 0.5) is 4.79 Å². The van der Waals surface area contributed by atoms with Gasteiger partial charge in [0, 0.05) is 23.2 Å². The van der Waals surface area contributed by atoms with Gasteiger partial charge in [-0.2, -0.15) is 0 Å². The molecule has 5 rings (SSSR count). The highest BCUT2D eigenvalue weighted by atomic mass is 16.5. The highest BCUT2D eigenvalue weighted by Gasteiger charge is 2.30. The maximum absolute atomic E-state index is 12.6. The molecule has 162 valence electrons. The van der Waals surface area contributed by atoms with E-state index in [2.05, 4.69) is 17.4 Å². The third kappa shape index (κ3) is 3.86. The minimum atomic E-state index is -1.15. The summed E-state index contributed by atoms with van der Waals surface area (Å²) >= 11 is 0. The lowest BCUT2D eigenvalue weighted by atomic mass is 9.98. The number of hydrogen-bond acceptors (Lipinski definition) is 3. The second-order valence-electron chi connectivity index (χ2n) is 8.14. The molecule has 3 aromatic carbocycles. The van der Waals surface area contributed by atoms with Crippen molar-refractivity contribution in [3.05, 3.63) is 95.7 Å². The number of fused-ring (bicyclic) bond motifs is 4. The first kappa shape index (κ1) is 20.9. The zero-order valence-corrected chi connectivity index (χ0v) is 17.8. The number of aliphatic carboxylic acids is 1. The van der Waals surface area contributed by atoms with Crippen molar-refractivity contribution in [2.24, 2.45) is 0 Å². The molecule has 0 fully saturated rings. The van der Waals surface area contributed by atoms with E-state index in [1.54, 1.807) is 6.20 Å². The van der Waals surface area contributed by atoms with Crippen LogP contribution in [0, 0.1) is 0 Å². The van der Waals surface area contributed by atoms with Gasteiger partial charge in [-0.1, -0.05) is 66.7 Å². The van der Waals surface area contributed by atoms with Gasteiger partial charge in [0.1, 0.15) is 12.6 Å². The predicted octanol–water partition coefficient (Wildman–Crippen LogP) is 4.11. The number of nitrogens with one attached hydrogen (secondary N) is 1. The number of hydrogen-bond donors (Lipinski definition) is 2. The summed E-state index contributed by atoms with van der Waals surface area (Å²) in [5.74, 6) is -1.24. The Morgan fingerprint density at radius 2 is 1.58 bits per heavy atom. The second-order valence-corrected chi connectivity index (χ2v) is 8.14. The van der Waals surface area contributed by atoms with E-state index in [0.717, 1.165) is 38.7 Å². The molecule has 1 aromatic heterocycles. The first-order valence-electron chi connectivity index (χ1n) is 10.7. The summed E-state index contributed by atoms with van der Waals surface area (Å²) in [6.45, 7) is 0.119. The summed E-state index contributed by atoms with van der Waals surface area (Å²) in [5, 5.41) is 13.0. The number of aromatic nitrogens is 1. The summed E-state index contributed by atoms with van der Waals surface area (Å²) in [5.41, 5.74) is 5.97. The molecule has 7 heteroatoms. The van der Waals surface area contributed by atoms with E-state index < -0.39 is 18.1 Å². The van der Waals surface area contributed by atoms with Gasteiger partial charge in [-0.15, -0.1) is 0 Å². The molecule has 1 atom stereocenters. The van der Waals surface area contributed by atoms with Gasteiger partial charge in [-0.3, -0.25) is 0 Å². The largest absolute Gasteiger partial charge is 0.480 e. The number of para-hydroxylation sites is 1. The molecular weight excluding hydrogens is 415 g/mol. The monoisotopic (exact) mass is 436 g/mol. The Hall–Kier alpha value is -4.00. The SMILES string of the molecule is [B]n1cc(CC(NC(=O)OCC2c3ccccc3-c3ccccc32)C(=O)O)c2ccccc21. The standard InChI is InChI=1S/C26H21BN2O4/c27-29-14-16(17-7-5-6-12-24(17)29)13-23(25(30)31)28-26(32)33-15-22-20-10-3-1-8-18(20)19-9-2-4-11-21(19)22/h1-12,14,22-23H,13,15H2,(H,28,32)(H,30,31). The summed E-state index contributed by atoms with van der Waals surface area (Å²) in [6, 6.07) is 22.4. The maximum atomic E-state index is 12.6. The fourth-order valence-corrected chi connectivity index (χ4v) is 4.64. The Labute approximate surface area is 192 Å². The minimum Gasteiger partial charge on any atom is -0.480 e.